The molecule has 3 aromatic rings. The Bertz CT molecular complexity index is 1530. The van der Waals surface area contributed by atoms with E-state index in [-0.39, 0.29) is 34.8 Å². The number of sulfonamides is 1. The molecule has 1 N–H and O–H groups in total. The lowest BCUT2D eigenvalue weighted by atomic mass is 10.1. The fraction of sp³-hybridized carbons (Fsp3) is 0.310. The van der Waals surface area contributed by atoms with Gasteiger partial charge in [-0.2, -0.15) is 0 Å². The molecule has 1 atom stereocenters. The Hall–Kier alpha value is -4.65. The largest absolute Gasteiger partial charge is 0.497 e. The molecule has 0 radical (unpaired) electrons. The van der Waals surface area contributed by atoms with Crippen LogP contribution in [-0.2, 0) is 26.2 Å². The fourth-order valence-corrected chi connectivity index (χ4v) is 5.80. The van der Waals surface area contributed by atoms with Crippen LogP contribution >= 0.6 is 0 Å². The van der Waals surface area contributed by atoms with Crippen molar-refractivity contribution in [3.8, 4) is 11.5 Å². The monoisotopic (exact) mass is 598 g/mol. The number of nitrogens with one attached hydrogen (secondary N) is 1. The molecule has 0 saturated heterocycles. The number of aryl methyl sites for hydroxylation is 1. The Morgan fingerprint density at radius 2 is 1.55 bits per heavy atom. The van der Waals surface area contributed by atoms with Crippen LogP contribution in [0, 0.1) is 17.0 Å². The van der Waals surface area contributed by atoms with Crippen molar-refractivity contribution < 1.29 is 32.4 Å². The summed E-state index contributed by atoms with van der Waals surface area (Å²) in [4.78, 5) is 38.7. The first-order valence-electron chi connectivity index (χ1n) is 13.0. The summed E-state index contributed by atoms with van der Waals surface area (Å²) >= 11 is 0. The first-order valence-corrected chi connectivity index (χ1v) is 14.5. The maximum atomic E-state index is 14.0. The number of hydrogen-bond donors (Lipinski definition) is 1. The van der Waals surface area contributed by atoms with Crippen LogP contribution in [-0.4, -0.2) is 63.9 Å². The van der Waals surface area contributed by atoms with E-state index in [0.29, 0.717) is 17.1 Å². The SMILES string of the molecule is CC[C@@H](C(=O)NC)N(Cc1ccc(OC)cc1)C(=O)CN(c1ccc(OC)cc1)S(=O)(=O)c1ccc(C)c([N+](=O)[O-])c1. The van der Waals surface area contributed by atoms with Crippen molar-refractivity contribution in [2.45, 2.75) is 37.8 Å². The number of carbonyl (C=O) groups is 2. The summed E-state index contributed by atoms with van der Waals surface area (Å²) in [6.07, 6.45) is 0.265. The lowest BCUT2D eigenvalue weighted by Crippen LogP contribution is -2.51. The number of nitro benzene ring substituents is 1. The Morgan fingerprint density at radius 1 is 0.976 bits per heavy atom. The number of nitro groups is 1. The van der Waals surface area contributed by atoms with E-state index in [1.54, 1.807) is 31.2 Å². The number of benzene rings is 3. The van der Waals surface area contributed by atoms with Crippen molar-refractivity contribution in [1.29, 1.82) is 0 Å². The van der Waals surface area contributed by atoms with E-state index in [2.05, 4.69) is 5.32 Å². The molecule has 0 aliphatic carbocycles. The zero-order valence-electron chi connectivity index (χ0n) is 24.1. The molecule has 13 heteroatoms. The van der Waals surface area contributed by atoms with E-state index in [1.807, 2.05) is 0 Å². The molecule has 0 aromatic heterocycles. The van der Waals surface area contributed by atoms with Crippen molar-refractivity contribution in [1.82, 2.24) is 10.2 Å². The Balaban J connectivity index is 2.10. The summed E-state index contributed by atoms with van der Waals surface area (Å²) in [6.45, 7) is 2.58. The summed E-state index contributed by atoms with van der Waals surface area (Å²) in [6, 6.07) is 15.6. The van der Waals surface area contributed by atoms with Crippen molar-refractivity contribution in [2.75, 3.05) is 32.1 Å². The zero-order chi connectivity index (χ0) is 31.0. The van der Waals surface area contributed by atoms with Crippen LogP contribution in [0.3, 0.4) is 0 Å². The van der Waals surface area contributed by atoms with Crippen molar-refractivity contribution in [3.05, 3.63) is 88.0 Å². The number of carbonyl (C=O) groups excluding carboxylic acids is 2. The molecule has 3 rings (SSSR count). The lowest BCUT2D eigenvalue weighted by molar-refractivity contribution is -0.385. The molecule has 2 amide bonds. The maximum absolute atomic E-state index is 14.0. The average molecular weight is 599 g/mol. The number of methoxy groups -OCH3 is 2. The van der Waals surface area contributed by atoms with Gasteiger partial charge < -0.3 is 19.7 Å². The molecule has 12 nitrogen and oxygen atoms in total. The molecule has 0 spiro atoms. The van der Waals surface area contributed by atoms with Gasteiger partial charge in [-0.25, -0.2) is 8.42 Å². The maximum Gasteiger partial charge on any atom is 0.273 e. The van der Waals surface area contributed by atoms with Gasteiger partial charge in [-0.15, -0.1) is 0 Å². The number of likely N-dealkylation sites (N-methyl/N-ethyl adjacent to an activating group) is 1. The van der Waals surface area contributed by atoms with Crippen molar-refractivity contribution in [2.24, 2.45) is 0 Å². The van der Waals surface area contributed by atoms with Crippen molar-refractivity contribution >= 4 is 33.2 Å². The summed E-state index contributed by atoms with van der Waals surface area (Å²) in [5, 5.41) is 14.1. The lowest BCUT2D eigenvalue weighted by Gasteiger charge is -2.33. The molecule has 0 aliphatic rings. The standard InChI is InChI=1S/C29H34N4O8S/c1-6-26(29(35)30-3)31(18-21-8-12-23(40-4)13-9-21)28(34)19-32(22-10-14-24(41-5)15-11-22)42(38,39)25-16-7-20(2)27(17-25)33(36)37/h7-17,26H,6,18-19H2,1-5H3,(H,30,35)/t26-/m0/s1. The van der Waals surface area contributed by atoms with Crippen LogP contribution in [0.2, 0.25) is 0 Å². The summed E-state index contributed by atoms with van der Waals surface area (Å²) in [5.74, 6) is 0.00813. The van der Waals surface area contributed by atoms with Gasteiger partial charge in [0, 0.05) is 25.2 Å². The summed E-state index contributed by atoms with van der Waals surface area (Å²) in [5.41, 5.74) is 0.737. The number of amides is 2. The second kappa shape index (κ2) is 13.8. The molecular weight excluding hydrogens is 564 g/mol. The predicted octanol–water partition coefficient (Wildman–Crippen LogP) is 3.67. The molecule has 3 aromatic carbocycles. The van der Waals surface area contributed by atoms with Gasteiger partial charge >= 0.3 is 0 Å². The first-order chi connectivity index (χ1) is 20.0. The van der Waals surface area contributed by atoms with E-state index in [9.17, 15) is 28.1 Å². The number of nitrogens with zero attached hydrogens (tertiary/aromatic N) is 3. The fourth-order valence-electron chi connectivity index (χ4n) is 4.36. The van der Waals surface area contributed by atoms with Crippen molar-refractivity contribution in [3.63, 3.8) is 0 Å². The average Bonchev–Trinajstić information content (AvgIpc) is 2.99. The minimum absolute atomic E-state index is 0.0151. The predicted molar refractivity (Wildman–Crippen MR) is 157 cm³/mol. The van der Waals surface area contributed by atoms with Gasteiger partial charge in [-0.3, -0.25) is 24.0 Å². The van der Waals surface area contributed by atoms with E-state index >= 15 is 0 Å². The third-order valence-electron chi connectivity index (χ3n) is 6.75. The second-order valence-corrected chi connectivity index (χ2v) is 11.2. The van der Waals surface area contributed by atoms with Crippen LogP contribution in [0.1, 0.15) is 24.5 Å². The number of anilines is 1. The minimum atomic E-state index is -4.49. The molecule has 42 heavy (non-hydrogen) atoms. The highest BCUT2D eigenvalue weighted by Gasteiger charge is 2.34. The smallest absolute Gasteiger partial charge is 0.273 e. The van der Waals surface area contributed by atoms with Crippen LogP contribution in [0.5, 0.6) is 11.5 Å². The van der Waals surface area contributed by atoms with Gasteiger partial charge in [0.1, 0.15) is 24.1 Å². The van der Waals surface area contributed by atoms with Crippen LogP contribution < -0.4 is 19.1 Å². The molecule has 0 saturated carbocycles. The van der Waals surface area contributed by atoms with Crippen LogP contribution in [0.25, 0.3) is 0 Å². The van der Waals surface area contributed by atoms with Crippen LogP contribution in [0.15, 0.2) is 71.6 Å². The Kier molecular flexibility index (Phi) is 10.5. The van der Waals surface area contributed by atoms with E-state index in [0.717, 1.165) is 10.4 Å². The second-order valence-electron chi connectivity index (χ2n) is 9.32. The molecule has 0 aliphatic heterocycles. The highest BCUT2D eigenvalue weighted by Crippen LogP contribution is 2.29. The highest BCUT2D eigenvalue weighted by atomic mass is 32.2. The zero-order valence-corrected chi connectivity index (χ0v) is 24.9. The quantitative estimate of drug-likeness (QED) is 0.231. The highest BCUT2D eigenvalue weighted by molar-refractivity contribution is 7.92. The summed E-state index contributed by atoms with van der Waals surface area (Å²) in [7, 11) is -0.0482. The van der Waals surface area contributed by atoms with Gasteiger partial charge in [0.25, 0.3) is 15.7 Å². The van der Waals surface area contributed by atoms with Crippen LogP contribution in [0.4, 0.5) is 11.4 Å². The van der Waals surface area contributed by atoms with E-state index in [1.165, 1.54) is 69.5 Å². The van der Waals surface area contributed by atoms with Gasteiger partial charge in [-0.05, 0) is 61.4 Å². The minimum Gasteiger partial charge on any atom is -0.497 e. The third-order valence-corrected chi connectivity index (χ3v) is 8.52. The van der Waals surface area contributed by atoms with Gasteiger partial charge in [0.15, 0.2) is 0 Å². The molecule has 0 bridgehead atoms. The van der Waals surface area contributed by atoms with Gasteiger partial charge in [0.2, 0.25) is 11.8 Å². The summed E-state index contributed by atoms with van der Waals surface area (Å²) < 4.78 is 39.3. The molecule has 0 fully saturated rings. The number of ether oxygens (including phenoxy) is 2. The molecular formula is C29H34N4O8S. The normalized spacial score (nSPS) is 11.7. The van der Waals surface area contributed by atoms with Gasteiger partial charge in [0.05, 0.1) is 29.7 Å². The Morgan fingerprint density at radius 3 is 2.05 bits per heavy atom. The van der Waals surface area contributed by atoms with Gasteiger partial charge in [-0.1, -0.05) is 25.1 Å². The third kappa shape index (κ3) is 7.16. The number of hydrogen-bond acceptors (Lipinski definition) is 8. The molecule has 0 unspecified atom stereocenters. The van der Waals surface area contributed by atoms with E-state index in [4.69, 9.17) is 9.47 Å². The topological polar surface area (TPSA) is 148 Å². The molecule has 0 heterocycles. The van der Waals surface area contributed by atoms with E-state index < -0.39 is 39.3 Å². The molecule has 224 valence electrons. The Labute approximate surface area is 245 Å². The number of rotatable bonds is 13. The first kappa shape index (κ1) is 31.9.